The van der Waals surface area contributed by atoms with Crippen molar-refractivity contribution in [3.8, 4) is 0 Å². The van der Waals surface area contributed by atoms with Gasteiger partial charge in [0.15, 0.2) is 11.6 Å². The molecule has 0 saturated heterocycles. The van der Waals surface area contributed by atoms with Crippen molar-refractivity contribution in [2.75, 3.05) is 13.6 Å². The van der Waals surface area contributed by atoms with E-state index in [1.165, 1.54) is 11.0 Å². The standard InChI is InChI=1S/C15H19F2NO3/c1-18(9-3-6-15(20)21)14(19)5-2-4-11-7-8-12(16)13(17)10-11/h7-8,10H,2-6,9H2,1H3,(H,20,21). The van der Waals surface area contributed by atoms with Gasteiger partial charge in [-0.3, -0.25) is 9.59 Å². The van der Waals surface area contributed by atoms with Gasteiger partial charge in [-0.25, -0.2) is 8.78 Å². The smallest absolute Gasteiger partial charge is 0.303 e. The Hall–Kier alpha value is -1.98. The minimum absolute atomic E-state index is 0.0342. The van der Waals surface area contributed by atoms with Gasteiger partial charge in [-0.1, -0.05) is 6.07 Å². The molecule has 0 aromatic heterocycles. The fraction of sp³-hybridized carbons (Fsp3) is 0.467. The molecule has 0 bridgehead atoms. The van der Waals surface area contributed by atoms with Crippen LogP contribution in [0.4, 0.5) is 8.78 Å². The average molecular weight is 299 g/mol. The van der Waals surface area contributed by atoms with E-state index in [0.29, 0.717) is 37.8 Å². The van der Waals surface area contributed by atoms with Crippen LogP contribution in [0, 0.1) is 11.6 Å². The van der Waals surface area contributed by atoms with E-state index in [9.17, 15) is 18.4 Å². The van der Waals surface area contributed by atoms with Crippen molar-refractivity contribution in [2.45, 2.75) is 32.1 Å². The van der Waals surface area contributed by atoms with Crippen LogP contribution < -0.4 is 0 Å². The van der Waals surface area contributed by atoms with Crippen LogP contribution in [0.25, 0.3) is 0 Å². The van der Waals surface area contributed by atoms with Crippen LogP contribution >= 0.6 is 0 Å². The van der Waals surface area contributed by atoms with Gasteiger partial charge in [0.2, 0.25) is 5.91 Å². The van der Waals surface area contributed by atoms with E-state index in [1.807, 2.05) is 0 Å². The fourth-order valence-electron chi connectivity index (χ4n) is 1.92. The van der Waals surface area contributed by atoms with Crippen molar-refractivity contribution in [1.82, 2.24) is 4.90 Å². The first kappa shape index (κ1) is 17.1. The van der Waals surface area contributed by atoms with E-state index in [4.69, 9.17) is 5.11 Å². The van der Waals surface area contributed by atoms with Gasteiger partial charge in [-0.2, -0.15) is 0 Å². The van der Waals surface area contributed by atoms with Crippen molar-refractivity contribution in [2.24, 2.45) is 0 Å². The van der Waals surface area contributed by atoms with Gasteiger partial charge in [-0.15, -0.1) is 0 Å². The predicted molar refractivity (Wildman–Crippen MR) is 73.8 cm³/mol. The maximum absolute atomic E-state index is 13.0. The summed E-state index contributed by atoms with van der Waals surface area (Å²) in [6.45, 7) is 0.399. The molecule has 1 rings (SSSR count). The molecule has 0 unspecified atom stereocenters. The average Bonchev–Trinajstić information content (AvgIpc) is 2.42. The number of hydrogen-bond donors (Lipinski definition) is 1. The van der Waals surface area contributed by atoms with Gasteiger partial charge < -0.3 is 10.0 Å². The Morgan fingerprint density at radius 2 is 1.86 bits per heavy atom. The molecule has 0 heterocycles. The Kier molecular flexibility index (Phi) is 6.78. The number of carbonyl (C=O) groups is 2. The molecule has 1 amide bonds. The zero-order valence-corrected chi connectivity index (χ0v) is 11.9. The molecule has 1 aromatic carbocycles. The van der Waals surface area contributed by atoms with Crippen LogP contribution in [-0.4, -0.2) is 35.5 Å². The lowest BCUT2D eigenvalue weighted by atomic mass is 10.1. The fourth-order valence-corrected chi connectivity index (χ4v) is 1.92. The van der Waals surface area contributed by atoms with Gasteiger partial charge in [0.25, 0.3) is 0 Å². The number of hydrogen-bond acceptors (Lipinski definition) is 2. The van der Waals surface area contributed by atoms with Crippen LogP contribution in [-0.2, 0) is 16.0 Å². The Morgan fingerprint density at radius 1 is 1.14 bits per heavy atom. The van der Waals surface area contributed by atoms with Crippen molar-refractivity contribution in [3.63, 3.8) is 0 Å². The Bertz CT molecular complexity index is 506. The SMILES string of the molecule is CN(CCCC(=O)O)C(=O)CCCc1ccc(F)c(F)c1. The molecular formula is C15H19F2NO3. The molecule has 6 heteroatoms. The number of aryl methyl sites for hydroxylation is 1. The normalized spacial score (nSPS) is 10.4. The molecule has 1 N–H and O–H groups in total. The molecular weight excluding hydrogens is 280 g/mol. The zero-order chi connectivity index (χ0) is 15.8. The van der Waals surface area contributed by atoms with Crippen LogP contribution in [0.15, 0.2) is 18.2 Å². The molecule has 0 spiro atoms. The van der Waals surface area contributed by atoms with Crippen molar-refractivity contribution in [1.29, 1.82) is 0 Å². The molecule has 0 saturated carbocycles. The third kappa shape index (κ3) is 6.33. The first-order valence-corrected chi connectivity index (χ1v) is 6.80. The highest BCUT2D eigenvalue weighted by Gasteiger charge is 2.09. The summed E-state index contributed by atoms with van der Waals surface area (Å²) in [5.74, 6) is -2.73. The summed E-state index contributed by atoms with van der Waals surface area (Å²) in [7, 11) is 1.63. The van der Waals surface area contributed by atoms with Crippen LogP contribution in [0.3, 0.4) is 0 Å². The summed E-state index contributed by atoms with van der Waals surface area (Å²) in [5, 5.41) is 8.51. The van der Waals surface area contributed by atoms with Crippen molar-refractivity contribution >= 4 is 11.9 Å². The highest BCUT2D eigenvalue weighted by atomic mass is 19.2. The molecule has 116 valence electrons. The first-order valence-electron chi connectivity index (χ1n) is 6.80. The number of aliphatic carboxylic acids is 1. The molecule has 0 aliphatic heterocycles. The number of halogens is 2. The number of carboxylic acid groups (broad SMARTS) is 1. The number of benzene rings is 1. The van der Waals surface area contributed by atoms with Crippen LogP contribution in [0.2, 0.25) is 0 Å². The lowest BCUT2D eigenvalue weighted by Crippen LogP contribution is -2.27. The number of rotatable bonds is 8. The van der Waals surface area contributed by atoms with E-state index >= 15 is 0 Å². The summed E-state index contributed by atoms with van der Waals surface area (Å²) in [6, 6.07) is 3.71. The molecule has 0 aliphatic rings. The van der Waals surface area contributed by atoms with Gasteiger partial charge in [0.1, 0.15) is 0 Å². The van der Waals surface area contributed by atoms with Crippen LogP contribution in [0.1, 0.15) is 31.2 Å². The van der Waals surface area contributed by atoms with Crippen LogP contribution in [0.5, 0.6) is 0 Å². The number of carbonyl (C=O) groups excluding carboxylic acids is 1. The molecule has 21 heavy (non-hydrogen) atoms. The molecule has 0 atom stereocenters. The molecule has 0 radical (unpaired) electrons. The van der Waals surface area contributed by atoms with E-state index in [0.717, 1.165) is 12.1 Å². The van der Waals surface area contributed by atoms with E-state index in [-0.39, 0.29) is 12.3 Å². The maximum Gasteiger partial charge on any atom is 0.303 e. The van der Waals surface area contributed by atoms with Crippen molar-refractivity contribution in [3.05, 3.63) is 35.4 Å². The largest absolute Gasteiger partial charge is 0.481 e. The van der Waals surface area contributed by atoms with Gasteiger partial charge >= 0.3 is 5.97 Å². The summed E-state index contributed by atoms with van der Waals surface area (Å²) in [5.41, 5.74) is 0.648. The van der Waals surface area contributed by atoms with Gasteiger partial charge in [-0.05, 0) is 37.0 Å². The lowest BCUT2D eigenvalue weighted by molar-refractivity contribution is -0.138. The summed E-state index contributed by atoms with van der Waals surface area (Å²) in [6.07, 6.45) is 1.77. The first-order chi connectivity index (χ1) is 9.90. The minimum atomic E-state index is -0.885. The summed E-state index contributed by atoms with van der Waals surface area (Å²) >= 11 is 0. The molecule has 4 nitrogen and oxygen atoms in total. The second-order valence-corrected chi connectivity index (χ2v) is 4.91. The van der Waals surface area contributed by atoms with E-state index < -0.39 is 17.6 Å². The van der Waals surface area contributed by atoms with E-state index in [1.54, 1.807) is 7.05 Å². The molecule has 0 aliphatic carbocycles. The van der Waals surface area contributed by atoms with E-state index in [2.05, 4.69) is 0 Å². The lowest BCUT2D eigenvalue weighted by Gasteiger charge is -2.16. The molecule has 1 aromatic rings. The van der Waals surface area contributed by atoms with Gasteiger partial charge in [0, 0.05) is 26.4 Å². The Labute approximate surface area is 122 Å². The number of carboxylic acids is 1. The second kappa shape index (κ2) is 8.34. The molecule has 0 fully saturated rings. The predicted octanol–water partition coefficient (Wildman–Crippen LogP) is 2.61. The highest BCUT2D eigenvalue weighted by Crippen LogP contribution is 2.11. The monoisotopic (exact) mass is 299 g/mol. The Balaban J connectivity index is 2.29. The summed E-state index contributed by atoms with van der Waals surface area (Å²) < 4.78 is 25.8. The third-order valence-electron chi connectivity index (χ3n) is 3.15. The minimum Gasteiger partial charge on any atom is -0.481 e. The van der Waals surface area contributed by atoms with Crippen molar-refractivity contribution < 1.29 is 23.5 Å². The zero-order valence-electron chi connectivity index (χ0n) is 11.9. The summed E-state index contributed by atoms with van der Waals surface area (Å²) in [4.78, 5) is 23.6. The topological polar surface area (TPSA) is 57.6 Å². The third-order valence-corrected chi connectivity index (χ3v) is 3.15. The maximum atomic E-state index is 13.0. The quantitative estimate of drug-likeness (QED) is 0.802. The highest BCUT2D eigenvalue weighted by molar-refractivity contribution is 5.75. The number of nitrogens with zero attached hydrogens (tertiary/aromatic N) is 1. The number of amides is 1. The van der Waals surface area contributed by atoms with Gasteiger partial charge in [0.05, 0.1) is 0 Å². The second-order valence-electron chi connectivity index (χ2n) is 4.91. The Morgan fingerprint density at radius 3 is 2.48 bits per heavy atom.